The number of rotatable bonds is 6. The highest BCUT2D eigenvalue weighted by Crippen LogP contribution is 2.32. The van der Waals surface area contributed by atoms with Gasteiger partial charge in [-0.25, -0.2) is 0 Å². The third kappa shape index (κ3) is 3.39. The quantitative estimate of drug-likeness (QED) is 0.819. The van der Waals surface area contributed by atoms with Crippen LogP contribution in [0.3, 0.4) is 0 Å². The maximum absolute atomic E-state index is 8.96. The first-order chi connectivity index (χ1) is 11.7. The Morgan fingerprint density at radius 3 is 2.88 bits per heavy atom. The molecule has 5 heteroatoms. The molecule has 0 saturated carbocycles. The minimum absolute atomic E-state index is 0.469. The van der Waals surface area contributed by atoms with Gasteiger partial charge in [0, 0.05) is 31.5 Å². The SMILES string of the molecule is COc1cc(C#N)ccc1OCCN1CCCC1c1cccn1C. The Labute approximate surface area is 143 Å². The second-order valence-corrected chi connectivity index (χ2v) is 6.06. The van der Waals surface area contributed by atoms with Gasteiger partial charge in [-0.2, -0.15) is 5.26 Å². The Kier molecular flexibility index (Phi) is 5.07. The van der Waals surface area contributed by atoms with E-state index in [4.69, 9.17) is 14.7 Å². The summed E-state index contributed by atoms with van der Waals surface area (Å²) in [5, 5.41) is 8.96. The van der Waals surface area contributed by atoms with Gasteiger partial charge in [-0.15, -0.1) is 0 Å². The molecule has 0 bridgehead atoms. The van der Waals surface area contributed by atoms with Gasteiger partial charge >= 0.3 is 0 Å². The molecule has 1 saturated heterocycles. The zero-order chi connectivity index (χ0) is 16.9. The van der Waals surface area contributed by atoms with Crippen LogP contribution in [-0.2, 0) is 7.05 Å². The number of methoxy groups -OCH3 is 1. The molecule has 1 aliphatic rings. The predicted molar refractivity (Wildman–Crippen MR) is 92.2 cm³/mol. The molecule has 1 aromatic heterocycles. The highest BCUT2D eigenvalue weighted by Gasteiger charge is 2.27. The number of nitrogens with zero attached hydrogens (tertiary/aromatic N) is 3. The van der Waals surface area contributed by atoms with Crippen molar-refractivity contribution in [3.63, 3.8) is 0 Å². The summed E-state index contributed by atoms with van der Waals surface area (Å²) in [6.07, 6.45) is 4.51. The van der Waals surface area contributed by atoms with Crippen molar-refractivity contribution in [1.82, 2.24) is 9.47 Å². The van der Waals surface area contributed by atoms with E-state index in [0.717, 1.165) is 13.1 Å². The van der Waals surface area contributed by atoms with E-state index in [1.54, 1.807) is 25.3 Å². The van der Waals surface area contributed by atoms with E-state index in [1.807, 2.05) is 0 Å². The lowest BCUT2D eigenvalue weighted by Gasteiger charge is -2.25. The first-order valence-electron chi connectivity index (χ1n) is 8.29. The van der Waals surface area contributed by atoms with Gasteiger partial charge < -0.3 is 14.0 Å². The van der Waals surface area contributed by atoms with Crippen molar-refractivity contribution in [3.05, 3.63) is 47.8 Å². The van der Waals surface area contributed by atoms with E-state index in [9.17, 15) is 0 Å². The summed E-state index contributed by atoms with van der Waals surface area (Å²) in [4.78, 5) is 2.48. The molecule has 2 heterocycles. The summed E-state index contributed by atoms with van der Waals surface area (Å²) >= 11 is 0. The molecule has 1 aromatic carbocycles. The fraction of sp³-hybridized carbons (Fsp3) is 0.421. The van der Waals surface area contributed by atoms with E-state index < -0.39 is 0 Å². The topological polar surface area (TPSA) is 50.4 Å². The Bertz CT molecular complexity index is 732. The van der Waals surface area contributed by atoms with Crippen LogP contribution >= 0.6 is 0 Å². The van der Waals surface area contributed by atoms with Crippen LogP contribution in [0.25, 0.3) is 0 Å². The maximum atomic E-state index is 8.96. The number of likely N-dealkylation sites (tertiary alicyclic amines) is 1. The molecular formula is C19H23N3O2. The molecule has 3 rings (SSSR count). The van der Waals surface area contributed by atoms with Gasteiger partial charge in [-0.05, 0) is 43.7 Å². The number of benzene rings is 1. The summed E-state index contributed by atoms with van der Waals surface area (Å²) in [7, 11) is 3.69. The molecule has 0 aliphatic carbocycles. The highest BCUT2D eigenvalue weighted by molar-refractivity contribution is 5.46. The zero-order valence-electron chi connectivity index (χ0n) is 14.2. The van der Waals surface area contributed by atoms with Crippen molar-refractivity contribution in [1.29, 1.82) is 5.26 Å². The van der Waals surface area contributed by atoms with E-state index >= 15 is 0 Å². The Morgan fingerprint density at radius 1 is 1.29 bits per heavy atom. The molecule has 0 N–H and O–H groups in total. The lowest BCUT2D eigenvalue weighted by atomic mass is 10.1. The first kappa shape index (κ1) is 16.4. The van der Waals surface area contributed by atoms with Crippen LogP contribution in [0.15, 0.2) is 36.5 Å². The molecule has 1 atom stereocenters. The second-order valence-electron chi connectivity index (χ2n) is 6.06. The van der Waals surface area contributed by atoms with Crippen molar-refractivity contribution < 1.29 is 9.47 Å². The zero-order valence-corrected chi connectivity index (χ0v) is 14.2. The Morgan fingerprint density at radius 2 is 2.17 bits per heavy atom. The minimum atomic E-state index is 0.469. The number of aromatic nitrogens is 1. The fourth-order valence-corrected chi connectivity index (χ4v) is 3.38. The Balaban J connectivity index is 1.60. The number of hydrogen-bond acceptors (Lipinski definition) is 4. The smallest absolute Gasteiger partial charge is 0.162 e. The molecule has 1 aliphatic heterocycles. The fourth-order valence-electron chi connectivity index (χ4n) is 3.38. The molecule has 0 amide bonds. The van der Waals surface area contributed by atoms with Crippen molar-refractivity contribution in [2.75, 3.05) is 26.8 Å². The third-order valence-electron chi connectivity index (χ3n) is 4.62. The van der Waals surface area contributed by atoms with Crippen LogP contribution in [0.4, 0.5) is 0 Å². The summed E-state index contributed by atoms with van der Waals surface area (Å²) in [6, 6.07) is 12.1. The molecule has 0 spiro atoms. The number of aryl methyl sites for hydroxylation is 1. The van der Waals surface area contributed by atoms with Gasteiger partial charge in [0.1, 0.15) is 6.61 Å². The second kappa shape index (κ2) is 7.41. The van der Waals surface area contributed by atoms with Crippen molar-refractivity contribution >= 4 is 0 Å². The highest BCUT2D eigenvalue weighted by atomic mass is 16.5. The lowest BCUT2D eigenvalue weighted by Crippen LogP contribution is -2.29. The lowest BCUT2D eigenvalue weighted by molar-refractivity contribution is 0.190. The average Bonchev–Trinajstić information content (AvgIpc) is 3.23. The first-order valence-corrected chi connectivity index (χ1v) is 8.29. The summed E-state index contributed by atoms with van der Waals surface area (Å²) < 4.78 is 13.4. The van der Waals surface area contributed by atoms with Gasteiger partial charge in [-0.3, -0.25) is 4.90 Å². The number of hydrogen-bond donors (Lipinski definition) is 0. The molecule has 1 fully saturated rings. The van der Waals surface area contributed by atoms with Crippen LogP contribution in [-0.4, -0.2) is 36.3 Å². The van der Waals surface area contributed by atoms with Crippen molar-refractivity contribution in [2.24, 2.45) is 7.05 Å². The van der Waals surface area contributed by atoms with Gasteiger partial charge in [-0.1, -0.05) is 0 Å². The van der Waals surface area contributed by atoms with Crippen LogP contribution in [0, 0.1) is 11.3 Å². The maximum Gasteiger partial charge on any atom is 0.162 e. The Hall–Kier alpha value is -2.45. The van der Waals surface area contributed by atoms with Crippen LogP contribution in [0.5, 0.6) is 11.5 Å². The summed E-state index contributed by atoms with van der Waals surface area (Å²) in [6.45, 7) is 2.58. The molecule has 126 valence electrons. The van der Waals surface area contributed by atoms with Crippen LogP contribution in [0.2, 0.25) is 0 Å². The monoisotopic (exact) mass is 325 g/mol. The molecule has 24 heavy (non-hydrogen) atoms. The normalized spacial score (nSPS) is 17.6. The number of nitriles is 1. The van der Waals surface area contributed by atoms with Gasteiger partial charge in [0.15, 0.2) is 11.5 Å². The van der Waals surface area contributed by atoms with E-state index in [2.05, 4.69) is 40.9 Å². The summed E-state index contributed by atoms with van der Waals surface area (Å²) in [5.74, 6) is 1.29. The molecular weight excluding hydrogens is 302 g/mol. The largest absolute Gasteiger partial charge is 0.493 e. The van der Waals surface area contributed by atoms with E-state index in [1.165, 1.54) is 18.5 Å². The van der Waals surface area contributed by atoms with Gasteiger partial charge in [0.2, 0.25) is 0 Å². The predicted octanol–water partition coefficient (Wildman–Crippen LogP) is 3.12. The molecule has 0 radical (unpaired) electrons. The minimum Gasteiger partial charge on any atom is -0.493 e. The molecule has 5 nitrogen and oxygen atoms in total. The van der Waals surface area contributed by atoms with Crippen LogP contribution in [0.1, 0.15) is 30.1 Å². The van der Waals surface area contributed by atoms with Crippen molar-refractivity contribution in [2.45, 2.75) is 18.9 Å². The van der Waals surface area contributed by atoms with Crippen LogP contribution < -0.4 is 9.47 Å². The third-order valence-corrected chi connectivity index (χ3v) is 4.62. The summed E-state index contributed by atoms with van der Waals surface area (Å²) in [5.41, 5.74) is 1.94. The van der Waals surface area contributed by atoms with E-state index in [-0.39, 0.29) is 0 Å². The number of ether oxygens (including phenoxy) is 2. The molecule has 1 unspecified atom stereocenters. The molecule has 2 aromatic rings. The average molecular weight is 325 g/mol. The van der Waals surface area contributed by atoms with Gasteiger partial charge in [0.25, 0.3) is 0 Å². The van der Waals surface area contributed by atoms with Crippen molar-refractivity contribution in [3.8, 4) is 17.6 Å². The van der Waals surface area contributed by atoms with E-state index in [0.29, 0.717) is 29.7 Å². The standard InChI is InChI=1S/C19H23N3O2/c1-21-9-3-5-16(21)17-6-4-10-22(17)11-12-24-18-8-7-15(14-20)13-19(18)23-2/h3,5,7-9,13,17H,4,6,10-12H2,1-2H3. The van der Waals surface area contributed by atoms with Gasteiger partial charge in [0.05, 0.1) is 24.8 Å².